The van der Waals surface area contributed by atoms with Gasteiger partial charge in [0.25, 0.3) is 0 Å². The summed E-state index contributed by atoms with van der Waals surface area (Å²) >= 11 is 0. The van der Waals surface area contributed by atoms with Crippen LogP contribution in [-0.2, 0) is 32.7 Å². The molecule has 0 aliphatic carbocycles. The van der Waals surface area contributed by atoms with Gasteiger partial charge in [-0.05, 0) is 38.5 Å². The monoisotopic (exact) mass is 691 g/mol. The van der Waals surface area contributed by atoms with E-state index in [2.05, 4.69) is 26.0 Å². The van der Waals surface area contributed by atoms with Crippen LogP contribution in [0.3, 0.4) is 0 Å². The first kappa shape index (κ1) is 45.8. The number of carbonyl (C=O) groups excluding carboxylic acids is 2. The van der Waals surface area contributed by atoms with E-state index in [1.165, 1.54) is 83.5 Å². The Balaban J connectivity index is 4.18. The van der Waals surface area contributed by atoms with Crippen molar-refractivity contribution < 1.29 is 42.1 Å². The number of phosphoric ester groups is 1. The Morgan fingerprint density at radius 1 is 0.638 bits per heavy atom. The number of nitrogens with zero attached hydrogens (tertiary/aromatic N) is 1. The number of likely N-dealkylation sites (N-methyl/N-ethyl adjacent to an activating group) is 1. The van der Waals surface area contributed by atoms with Crippen molar-refractivity contribution in [2.24, 2.45) is 0 Å². The highest BCUT2D eigenvalue weighted by atomic mass is 31.2. The van der Waals surface area contributed by atoms with E-state index in [1.807, 2.05) is 21.1 Å². The van der Waals surface area contributed by atoms with Gasteiger partial charge in [-0.2, -0.15) is 0 Å². The lowest BCUT2D eigenvalue weighted by atomic mass is 10.1. The van der Waals surface area contributed by atoms with Gasteiger partial charge in [0.2, 0.25) is 0 Å². The molecule has 0 bridgehead atoms. The van der Waals surface area contributed by atoms with Gasteiger partial charge in [-0.3, -0.25) is 18.6 Å². The van der Waals surface area contributed by atoms with Crippen LogP contribution >= 0.6 is 7.82 Å². The van der Waals surface area contributed by atoms with Crippen LogP contribution < -0.4 is 0 Å². The minimum absolute atomic E-state index is 0.0332. The lowest BCUT2D eigenvalue weighted by molar-refractivity contribution is -0.870. The second kappa shape index (κ2) is 30.8. The molecule has 0 aromatic rings. The molecule has 0 rings (SSSR count). The number of quaternary nitrogens is 1. The molecule has 278 valence electrons. The van der Waals surface area contributed by atoms with Gasteiger partial charge < -0.3 is 18.9 Å². The lowest BCUT2D eigenvalue weighted by Crippen LogP contribution is -2.37. The molecule has 0 fully saturated rings. The van der Waals surface area contributed by atoms with E-state index in [4.69, 9.17) is 18.5 Å². The van der Waals surface area contributed by atoms with Crippen molar-refractivity contribution in [2.75, 3.05) is 47.5 Å². The van der Waals surface area contributed by atoms with Crippen molar-refractivity contribution in [3.63, 3.8) is 0 Å². The molecule has 0 aromatic carbocycles. The Labute approximate surface area is 288 Å². The summed E-state index contributed by atoms with van der Waals surface area (Å²) in [6.45, 7) is 4.28. The summed E-state index contributed by atoms with van der Waals surface area (Å²) in [5.41, 5.74) is 0. The van der Waals surface area contributed by atoms with E-state index in [0.717, 1.165) is 44.9 Å². The summed E-state index contributed by atoms with van der Waals surface area (Å²) in [7, 11) is 1.48. The fourth-order valence-electron chi connectivity index (χ4n) is 5.01. The summed E-state index contributed by atoms with van der Waals surface area (Å²) in [5, 5.41) is 0. The zero-order valence-electron chi connectivity index (χ0n) is 31.0. The van der Waals surface area contributed by atoms with Crippen LogP contribution in [-0.4, -0.2) is 74.9 Å². The molecule has 10 heteroatoms. The third-order valence-corrected chi connectivity index (χ3v) is 9.03. The van der Waals surface area contributed by atoms with E-state index >= 15 is 0 Å². The largest absolute Gasteiger partial charge is 0.472 e. The number of hydrogen-bond acceptors (Lipinski definition) is 7. The SMILES string of the molecule is CCCCCCCC/C=C\CCCCCCCCCCCC(=O)OC(COC(=O)CCCCCC)COP(=O)(O)OCC[N+](C)(C)C. The molecular weight excluding hydrogens is 617 g/mol. The van der Waals surface area contributed by atoms with Crippen LogP contribution in [0.15, 0.2) is 12.2 Å². The van der Waals surface area contributed by atoms with Gasteiger partial charge in [-0.1, -0.05) is 122 Å². The molecule has 0 radical (unpaired) electrons. The van der Waals surface area contributed by atoms with Crippen LogP contribution in [0.5, 0.6) is 0 Å². The zero-order chi connectivity index (χ0) is 35.1. The quantitative estimate of drug-likeness (QED) is 0.0234. The topological polar surface area (TPSA) is 108 Å². The van der Waals surface area contributed by atoms with Gasteiger partial charge in [0, 0.05) is 12.8 Å². The van der Waals surface area contributed by atoms with Crippen LogP contribution in [0.25, 0.3) is 0 Å². The number of ether oxygens (including phenoxy) is 2. The number of rotatable bonds is 34. The maximum absolute atomic E-state index is 12.5. The first-order valence-corrected chi connectivity index (χ1v) is 20.4. The van der Waals surface area contributed by atoms with E-state index in [9.17, 15) is 19.0 Å². The van der Waals surface area contributed by atoms with Crippen LogP contribution in [0.1, 0.15) is 162 Å². The number of hydrogen-bond donors (Lipinski definition) is 1. The van der Waals surface area contributed by atoms with E-state index < -0.39 is 26.5 Å². The second-order valence-electron chi connectivity index (χ2n) is 14.0. The van der Waals surface area contributed by atoms with Crippen LogP contribution in [0.4, 0.5) is 0 Å². The molecule has 47 heavy (non-hydrogen) atoms. The summed E-state index contributed by atoms with van der Waals surface area (Å²) < 4.78 is 33.9. The molecule has 0 aliphatic rings. The normalized spacial score (nSPS) is 13.9. The number of allylic oxidation sites excluding steroid dienone is 2. The molecule has 9 nitrogen and oxygen atoms in total. The molecule has 2 unspecified atom stereocenters. The highest BCUT2D eigenvalue weighted by Crippen LogP contribution is 2.43. The van der Waals surface area contributed by atoms with Gasteiger partial charge in [0.1, 0.15) is 19.8 Å². The van der Waals surface area contributed by atoms with Crippen molar-refractivity contribution >= 4 is 19.8 Å². The van der Waals surface area contributed by atoms with Crippen molar-refractivity contribution in [3.8, 4) is 0 Å². The zero-order valence-corrected chi connectivity index (χ0v) is 31.9. The minimum Gasteiger partial charge on any atom is -0.462 e. The van der Waals surface area contributed by atoms with Gasteiger partial charge in [-0.25, -0.2) is 4.57 Å². The highest BCUT2D eigenvalue weighted by molar-refractivity contribution is 7.47. The maximum Gasteiger partial charge on any atom is 0.472 e. The molecule has 0 spiro atoms. The number of carbonyl (C=O) groups is 2. The van der Waals surface area contributed by atoms with Crippen molar-refractivity contribution in [1.82, 2.24) is 0 Å². The summed E-state index contributed by atoms with van der Waals surface area (Å²) in [6.07, 6.45) is 28.9. The number of phosphoric acid groups is 1. The lowest BCUT2D eigenvalue weighted by Gasteiger charge is -2.24. The molecule has 0 saturated heterocycles. The predicted molar refractivity (Wildman–Crippen MR) is 192 cm³/mol. The number of esters is 2. The van der Waals surface area contributed by atoms with Gasteiger partial charge in [0.15, 0.2) is 6.10 Å². The third kappa shape index (κ3) is 34.4. The third-order valence-electron chi connectivity index (χ3n) is 8.05. The molecule has 2 atom stereocenters. The maximum atomic E-state index is 12.5. The van der Waals surface area contributed by atoms with Gasteiger partial charge in [0.05, 0.1) is 27.7 Å². The Bertz CT molecular complexity index is 830. The molecule has 1 N–H and O–H groups in total. The molecule has 0 saturated carbocycles. The van der Waals surface area contributed by atoms with Crippen molar-refractivity contribution in [1.29, 1.82) is 0 Å². The average molecular weight is 691 g/mol. The fourth-order valence-corrected chi connectivity index (χ4v) is 5.75. The Hall–Kier alpha value is -1.25. The highest BCUT2D eigenvalue weighted by Gasteiger charge is 2.27. The molecule has 0 aliphatic heterocycles. The van der Waals surface area contributed by atoms with Crippen LogP contribution in [0.2, 0.25) is 0 Å². The fraction of sp³-hybridized carbons (Fsp3) is 0.892. The summed E-state index contributed by atoms with van der Waals surface area (Å²) in [6, 6.07) is 0. The second-order valence-corrected chi connectivity index (χ2v) is 15.4. The minimum atomic E-state index is -4.35. The molecule has 0 amide bonds. The number of unbranched alkanes of at least 4 members (excludes halogenated alkanes) is 18. The van der Waals surface area contributed by atoms with E-state index in [0.29, 0.717) is 17.4 Å². The Morgan fingerprint density at radius 3 is 1.60 bits per heavy atom. The van der Waals surface area contributed by atoms with Crippen LogP contribution in [0, 0.1) is 0 Å². The van der Waals surface area contributed by atoms with Gasteiger partial charge in [-0.15, -0.1) is 0 Å². The summed E-state index contributed by atoms with van der Waals surface area (Å²) in [4.78, 5) is 34.8. The van der Waals surface area contributed by atoms with E-state index in [1.54, 1.807) is 0 Å². The first-order valence-electron chi connectivity index (χ1n) is 18.9. The van der Waals surface area contributed by atoms with Gasteiger partial charge >= 0.3 is 19.8 Å². The Kier molecular flexibility index (Phi) is 30.0. The Morgan fingerprint density at radius 2 is 1.09 bits per heavy atom. The smallest absolute Gasteiger partial charge is 0.462 e. The molecule has 0 heterocycles. The predicted octanol–water partition coefficient (Wildman–Crippen LogP) is 9.85. The van der Waals surface area contributed by atoms with Crippen molar-refractivity contribution in [2.45, 2.75) is 168 Å². The van der Waals surface area contributed by atoms with Crippen molar-refractivity contribution in [3.05, 3.63) is 12.2 Å². The standard InChI is InChI=1S/C37H72NO8P/c1-6-8-10-12-13-14-15-16-17-18-19-20-21-22-23-24-25-26-28-30-37(40)46-35(33-43-36(39)29-27-11-9-7-2)34-45-47(41,42)44-32-31-38(3,4)5/h16-17,35H,6-15,18-34H2,1-5H3/p+1/b17-16-. The average Bonchev–Trinajstić information content (AvgIpc) is 3.01. The van der Waals surface area contributed by atoms with E-state index in [-0.39, 0.29) is 32.0 Å². The summed E-state index contributed by atoms with van der Waals surface area (Å²) in [5.74, 6) is -0.818. The molecular formula is C37H73NO8P+. The first-order chi connectivity index (χ1) is 22.5. The molecule has 0 aromatic heterocycles.